The zero-order valence-electron chi connectivity index (χ0n) is 10.6. The highest BCUT2D eigenvalue weighted by Gasteiger charge is 2.19. The van der Waals surface area contributed by atoms with Crippen LogP contribution in [0.2, 0.25) is 0 Å². The Bertz CT molecular complexity index is 425. The Hall–Kier alpha value is -2.00. The van der Waals surface area contributed by atoms with Gasteiger partial charge in [-0.2, -0.15) is 0 Å². The van der Waals surface area contributed by atoms with E-state index in [1.165, 1.54) is 0 Å². The molecule has 0 fully saturated rings. The number of azide groups is 1. The number of hydrogen-bond acceptors (Lipinski definition) is 3. The first-order chi connectivity index (χ1) is 8.63. The van der Waals surface area contributed by atoms with Gasteiger partial charge in [-0.15, -0.1) is 0 Å². The van der Waals surface area contributed by atoms with Crippen molar-refractivity contribution in [1.29, 1.82) is 0 Å². The predicted molar refractivity (Wildman–Crippen MR) is 68.6 cm³/mol. The summed E-state index contributed by atoms with van der Waals surface area (Å²) in [5.74, 6) is -0.199. The lowest BCUT2D eigenvalue weighted by Gasteiger charge is -2.13. The number of nitrogens with zero attached hydrogens (tertiary/aromatic N) is 3. The van der Waals surface area contributed by atoms with E-state index in [1.54, 1.807) is 0 Å². The fraction of sp³-hybridized carbons (Fsp3) is 0.462. The second-order valence-electron chi connectivity index (χ2n) is 4.44. The lowest BCUT2D eigenvalue weighted by molar-refractivity contribution is -0.146. The molecule has 1 rings (SSSR count). The van der Waals surface area contributed by atoms with Crippen LogP contribution in [0.5, 0.6) is 0 Å². The van der Waals surface area contributed by atoms with E-state index in [9.17, 15) is 4.79 Å². The minimum atomic E-state index is -0.737. The highest BCUT2D eigenvalue weighted by molar-refractivity contribution is 5.75. The summed E-state index contributed by atoms with van der Waals surface area (Å²) in [5, 5.41) is 3.48. The standard InChI is InChI=1S/C13H17N3O2/c1-10(2)8-12(15-16-14)13(17)18-9-11-6-4-3-5-7-11/h3-7,10,12H,8-9H2,1-2H3/t12-/m0/s1. The molecule has 0 amide bonds. The molecular weight excluding hydrogens is 230 g/mol. The second kappa shape index (κ2) is 7.35. The summed E-state index contributed by atoms with van der Waals surface area (Å²) < 4.78 is 5.14. The molecule has 0 heterocycles. The number of benzene rings is 1. The molecule has 0 saturated carbocycles. The average molecular weight is 247 g/mol. The Balaban J connectivity index is 2.54. The van der Waals surface area contributed by atoms with E-state index in [0.29, 0.717) is 6.42 Å². The first-order valence-electron chi connectivity index (χ1n) is 5.88. The summed E-state index contributed by atoms with van der Waals surface area (Å²) in [6.07, 6.45) is 0.498. The number of carbonyl (C=O) groups is 1. The Morgan fingerprint density at radius 3 is 2.61 bits per heavy atom. The SMILES string of the molecule is CC(C)C[C@H](N=[N+]=[N-])C(=O)OCc1ccccc1. The van der Waals surface area contributed by atoms with Crippen LogP contribution >= 0.6 is 0 Å². The van der Waals surface area contributed by atoms with Gasteiger partial charge < -0.3 is 4.74 Å². The van der Waals surface area contributed by atoms with Crippen LogP contribution in [-0.4, -0.2) is 12.0 Å². The molecule has 0 saturated heterocycles. The Morgan fingerprint density at radius 2 is 2.06 bits per heavy atom. The number of rotatable bonds is 6. The van der Waals surface area contributed by atoms with Crippen molar-refractivity contribution in [2.24, 2.45) is 11.0 Å². The second-order valence-corrected chi connectivity index (χ2v) is 4.44. The van der Waals surface area contributed by atoms with Crippen LogP contribution in [0.15, 0.2) is 35.4 Å². The topological polar surface area (TPSA) is 75.1 Å². The van der Waals surface area contributed by atoms with E-state index in [2.05, 4.69) is 10.0 Å². The fourth-order valence-electron chi connectivity index (χ4n) is 1.52. The summed E-state index contributed by atoms with van der Waals surface area (Å²) in [6.45, 7) is 4.13. The number of ether oxygens (including phenoxy) is 1. The molecule has 0 aliphatic rings. The average Bonchev–Trinajstić information content (AvgIpc) is 2.36. The predicted octanol–water partition coefficient (Wildman–Crippen LogP) is 3.45. The van der Waals surface area contributed by atoms with Crippen LogP contribution < -0.4 is 0 Å². The van der Waals surface area contributed by atoms with Crippen molar-refractivity contribution in [3.05, 3.63) is 46.3 Å². The first kappa shape index (κ1) is 14.1. The molecule has 0 radical (unpaired) electrons. The highest BCUT2D eigenvalue weighted by atomic mass is 16.5. The summed E-state index contributed by atoms with van der Waals surface area (Å²) in [6, 6.07) is 8.66. The van der Waals surface area contributed by atoms with Gasteiger partial charge in [0, 0.05) is 4.91 Å². The number of carbonyl (C=O) groups excluding carboxylic acids is 1. The third-order valence-corrected chi connectivity index (χ3v) is 2.38. The molecule has 1 aromatic rings. The minimum absolute atomic E-state index is 0.204. The van der Waals surface area contributed by atoms with Crippen molar-refractivity contribution in [2.75, 3.05) is 0 Å². The quantitative estimate of drug-likeness (QED) is 0.334. The summed E-state index contributed by atoms with van der Waals surface area (Å²) in [4.78, 5) is 14.4. The number of esters is 1. The lowest BCUT2D eigenvalue weighted by Crippen LogP contribution is -2.22. The van der Waals surface area contributed by atoms with Gasteiger partial charge in [0.05, 0.1) is 0 Å². The summed E-state index contributed by atoms with van der Waals surface area (Å²) in [7, 11) is 0. The van der Waals surface area contributed by atoms with Gasteiger partial charge in [0.1, 0.15) is 12.6 Å². The molecule has 96 valence electrons. The maximum Gasteiger partial charge on any atom is 0.315 e. The molecule has 0 spiro atoms. The zero-order chi connectivity index (χ0) is 13.4. The van der Waals surface area contributed by atoms with E-state index in [4.69, 9.17) is 10.3 Å². The Kier molecular flexibility index (Phi) is 5.74. The van der Waals surface area contributed by atoms with Crippen LogP contribution in [0.4, 0.5) is 0 Å². The third-order valence-electron chi connectivity index (χ3n) is 2.38. The van der Waals surface area contributed by atoms with Crippen molar-refractivity contribution in [3.63, 3.8) is 0 Å². The number of hydrogen-bond donors (Lipinski definition) is 0. The van der Waals surface area contributed by atoms with Crippen molar-refractivity contribution in [3.8, 4) is 0 Å². The first-order valence-corrected chi connectivity index (χ1v) is 5.88. The Labute approximate surface area is 106 Å². The molecule has 5 heteroatoms. The molecule has 0 N–H and O–H groups in total. The van der Waals surface area contributed by atoms with Crippen LogP contribution in [0.1, 0.15) is 25.8 Å². The molecule has 1 atom stereocenters. The molecular formula is C13H17N3O2. The maximum absolute atomic E-state index is 11.8. The van der Waals surface area contributed by atoms with Gasteiger partial charge in [0.15, 0.2) is 0 Å². The van der Waals surface area contributed by atoms with Crippen LogP contribution in [0, 0.1) is 5.92 Å². The van der Waals surface area contributed by atoms with Gasteiger partial charge in [0.25, 0.3) is 0 Å². The monoisotopic (exact) mass is 247 g/mol. The third kappa shape index (κ3) is 4.89. The molecule has 0 aliphatic heterocycles. The molecule has 18 heavy (non-hydrogen) atoms. The molecule has 0 aromatic heterocycles. The molecule has 0 bridgehead atoms. The van der Waals surface area contributed by atoms with Gasteiger partial charge in [-0.3, -0.25) is 4.79 Å². The van der Waals surface area contributed by atoms with Gasteiger partial charge >= 0.3 is 5.97 Å². The van der Waals surface area contributed by atoms with E-state index in [1.807, 2.05) is 44.2 Å². The molecule has 0 aliphatic carbocycles. The normalized spacial score (nSPS) is 11.7. The maximum atomic E-state index is 11.8. The largest absolute Gasteiger partial charge is 0.461 e. The smallest absolute Gasteiger partial charge is 0.315 e. The van der Waals surface area contributed by atoms with Crippen LogP contribution in [0.25, 0.3) is 10.4 Å². The van der Waals surface area contributed by atoms with Crippen molar-refractivity contribution in [1.82, 2.24) is 0 Å². The molecule has 5 nitrogen and oxygen atoms in total. The lowest BCUT2D eigenvalue weighted by atomic mass is 10.0. The van der Waals surface area contributed by atoms with Gasteiger partial charge in [-0.05, 0) is 23.4 Å². The fourth-order valence-corrected chi connectivity index (χ4v) is 1.52. The summed E-state index contributed by atoms with van der Waals surface area (Å²) in [5.41, 5.74) is 9.35. The van der Waals surface area contributed by atoms with Crippen molar-refractivity contribution < 1.29 is 9.53 Å². The van der Waals surface area contributed by atoms with Crippen LogP contribution in [-0.2, 0) is 16.1 Å². The van der Waals surface area contributed by atoms with E-state index in [0.717, 1.165) is 5.56 Å². The van der Waals surface area contributed by atoms with Gasteiger partial charge in [-0.25, -0.2) is 0 Å². The Morgan fingerprint density at radius 1 is 1.39 bits per heavy atom. The van der Waals surface area contributed by atoms with Gasteiger partial charge in [-0.1, -0.05) is 49.3 Å². The summed E-state index contributed by atoms with van der Waals surface area (Å²) >= 11 is 0. The molecule has 1 aromatic carbocycles. The van der Waals surface area contributed by atoms with E-state index < -0.39 is 12.0 Å². The van der Waals surface area contributed by atoms with E-state index in [-0.39, 0.29) is 12.5 Å². The molecule has 0 unspecified atom stereocenters. The van der Waals surface area contributed by atoms with Crippen LogP contribution in [0.3, 0.4) is 0 Å². The van der Waals surface area contributed by atoms with Gasteiger partial charge in [0.2, 0.25) is 0 Å². The highest BCUT2D eigenvalue weighted by Crippen LogP contribution is 2.11. The zero-order valence-corrected chi connectivity index (χ0v) is 10.6. The van der Waals surface area contributed by atoms with Crippen molar-refractivity contribution in [2.45, 2.75) is 32.9 Å². The van der Waals surface area contributed by atoms with Crippen molar-refractivity contribution >= 4 is 5.97 Å². The minimum Gasteiger partial charge on any atom is -0.461 e. The van der Waals surface area contributed by atoms with E-state index >= 15 is 0 Å².